The molecule has 0 unspecified atom stereocenters. The van der Waals surface area contributed by atoms with Gasteiger partial charge in [0.1, 0.15) is 11.6 Å². The molecule has 0 fully saturated rings. The van der Waals surface area contributed by atoms with Crippen molar-refractivity contribution in [2.75, 3.05) is 4.90 Å². The second-order valence-electron chi connectivity index (χ2n) is 11.3. The van der Waals surface area contributed by atoms with Crippen LogP contribution < -0.4 is 4.90 Å². The minimum atomic E-state index is -0.583. The quantitative estimate of drug-likeness (QED) is 0.211. The van der Waals surface area contributed by atoms with Gasteiger partial charge in [0.15, 0.2) is 0 Å². The van der Waals surface area contributed by atoms with Crippen molar-refractivity contribution in [1.82, 2.24) is 0 Å². The lowest BCUT2D eigenvalue weighted by molar-refractivity contribution is 0.527. The molecule has 0 spiro atoms. The second-order valence-corrected chi connectivity index (χ2v) is 11.3. The van der Waals surface area contributed by atoms with Crippen molar-refractivity contribution < 1.29 is 8.78 Å². The van der Waals surface area contributed by atoms with Gasteiger partial charge >= 0.3 is 0 Å². The molecule has 0 saturated carbocycles. The number of nitrogens with zero attached hydrogens (tertiary/aromatic N) is 1. The zero-order chi connectivity index (χ0) is 28.6. The number of halogens is 2. The Morgan fingerprint density at radius 3 is 1.71 bits per heavy atom. The van der Waals surface area contributed by atoms with Crippen LogP contribution >= 0.6 is 0 Å². The summed E-state index contributed by atoms with van der Waals surface area (Å²) in [5.41, 5.74) is 5.85. The van der Waals surface area contributed by atoms with E-state index in [4.69, 9.17) is 0 Å². The van der Waals surface area contributed by atoms with E-state index in [1.165, 1.54) is 16.8 Å². The molecule has 6 aromatic carbocycles. The third-order valence-corrected chi connectivity index (χ3v) is 7.46. The summed E-state index contributed by atoms with van der Waals surface area (Å²) in [6.07, 6.45) is 0. The molecule has 41 heavy (non-hydrogen) atoms. The minimum Gasteiger partial charge on any atom is -0.331 e. The molecule has 6 rings (SSSR count). The Labute approximate surface area is 240 Å². The fourth-order valence-electron chi connectivity index (χ4n) is 5.53. The van der Waals surface area contributed by atoms with Gasteiger partial charge in [-0.05, 0) is 95.3 Å². The summed E-state index contributed by atoms with van der Waals surface area (Å²) in [5, 5.41) is 2.40. The molecule has 0 aromatic heterocycles. The van der Waals surface area contributed by atoms with Gasteiger partial charge in [0.2, 0.25) is 0 Å². The highest BCUT2D eigenvalue weighted by Crippen LogP contribution is 2.42. The Kier molecular flexibility index (Phi) is 6.88. The van der Waals surface area contributed by atoms with E-state index in [-0.39, 0.29) is 0 Å². The number of para-hydroxylation sites is 1. The lowest BCUT2D eigenvalue weighted by Gasteiger charge is -2.38. The number of rotatable bonds is 5. The van der Waals surface area contributed by atoms with Crippen molar-refractivity contribution in [3.63, 3.8) is 0 Å². The van der Waals surface area contributed by atoms with E-state index >= 15 is 8.78 Å². The van der Waals surface area contributed by atoms with Crippen LogP contribution in [0.25, 0.3) is 44.2 Å². The Balaban J connectivity index is 1.48. The maximum Gasteiger partial charge on any atom is 0.147 e. The molecular weight excluding hydrogens is 508 g/mol. The fraction of sp³-hybridized carbons (Fsp3) is 0.105. The van der Waals surface area contributed by atoms with Crippen molar-refractivity contribution in [1.29, 1.82) is 0 Å². The van der Waals surface area contributed by atoms with Gasteiger partial charge in [-0.15, -0.1) is 0 Å². The van der Waals surface area contributed by atoms with Crippen LogP contribution in [0.3, 0.4) is 0 Å². The van der Waals surface area contributed by atoms with Crippen LogP contribution in [-0.4, -0.2) is 5.54 Å². The molecule has 0 heterocycles. The highest BCUT2D eigenvalue weighted by Gasteiger charge is 2.29. The SMILES string of the molecule is CC(C)(C)N(c1ccccc1F)c1cc(-c2ccccc2)c(-c2ccc(-c3ccc4ccccc4c3)cc2)cc1F. The summed E-state index contributed by atoms with van der Waals surface area (Å²) in [5.74, 6) is -0.798. The highest BCUT2D eigenvalue weighted by atomic mass is 19.1. The largest absolute Gasteiger partial charge is 0.331 e. The third-order valence-electron chi connectivity index (χ3n) is 7.46. The minimum absolute atomic E-state index is 0.331. The molecule has 1 nitrogen and oxygen atoms in total. The van der Waals surface area contributed by atoms with Crippen LogP contribution in [0.1, 0.15) is 20.8 Å². The Morgan fingerprint density at radius 2 is 1.00 bits per heavy atom. The van der Waals surface area contributed by atoms with Gasteiger partial charge in [0, 0.05) is 5.54 Å². The lowest BCUT2D eigenvalue weighted by atomic mass is 9.91. The van der Waals surface area contributed by atoms with E-state index in [0.717, 1.165) is 33.4 Å². The van der Waals surface area contributed by atoms with E-state index in [9.17, 15) is 0 Å². The highest BCUT2D eigenvalue weighted by molar-refractivity contribution is 5.90. The zero-order valence-electron chi connectivity index (χ0n) is 23.4. The summed E-state index contributed by atoms with van der Waals surface area (Å²) in [4.78, 5) is 1.75. The summed E-state index contributed by atoms with van der Waals surface area (Å²) >= 11 is 0. The first-order chi connectivity index (χ1) is 19.8. The first-order valence-corrected chi connectivity index (χ1v) is 13.8. The van der Waals surface area contributed by atoms with E-state index < -0.39 is 17.2 Å². The molecule has 0 bridgehead atoms. The first kappa shape index (κ1) is 26.5. The van der Waals surface area contributed by atoms with Crippen LogP contribution in [-0.2, 0) is 0 Å². The molecule has 0 amide bonds. The van der Waals surface area contributed by atoms with Crippen LogP contribution in [0.4, 0.5) is 20.2 Å². The molecule has 0 aliphatic rings. The molecule has 6 aromatic rings. The second kappa shape index (κ2) is 10.7. The van der Waals surface area contributed by atoms with Gasteiger partial charge in [0.25, 0.3) is 0 Å². The third kappa shape index (κ3) is 5.24. The Hall–Kier alpha value is -4.76. The number of hydrogen-bond acceptors (Lipinski definition) is 1. The predicted octanol–water partition coefficient (Wildman–Crippen LogP) is 11.1. The van der Waals surface area contributed by atoms with Gasteiger partial charge in [-0.2, -0.15) is 0 Å². The van der Waals surface area contributed by atoms with Crippen molar-refractivity contribution in [2.24, 2.45) is 0 Å². The maximum atomic E-state index is 16.2. The summed E-state index contributed by atoms with van der Waals surface area (Å²) in [6.45, 7) is 5.88. The van der Waals surface area contributed by atoms with E-state index in [0.29, 0.717) is 11.4 Å². The van der Waals surface area contributed by atoms with E-state index in [2.05, 4.69) is 42.5 Å². The molecule has 3 heteroatoms. The van der Waals surface area contributed by atoms with Crippen LogP contribution in [0.15, 0.2) is 133 Å². The van der Waals surface area contributed by atoms with Crippen molar-refractivity contribution in [2.45, 2.75) is 26.3 Å². The van der Waals surface area contributed by atoms with Crippen LogP contribution in [0, 0.1) is 11.6 Å². The first-order valence-electron chi connectivity index (χ1n) is 13.8. The molecule has 0 aliphatic heterocycles. The molecule has 0 atom stereocenters. The maximum absolute atomic E-state index is 16.2. The monoisotopic (exact) mass is 539 g/mol. The molecule has 202 valence electrons. The van der Waals surface area contributed by atoms with Crippen molar-refractivity contribution >= 4 is 22.1 Å². The van der Waals surface area contributed by atoms with Crippen molar-refractivity contribution in [3.05, 3.63) is 145 Å². The van der Waals surface area contributed by atoms with Gasteiger partial charge in [-0.25, -0.2) is 8.78 Å². The predicted molar refractivity (Wildman–Crippen MR) is 169 cm³/mol. The number of benzene rings is 6. The molecule has 0 aliphatic carbocycles. The van der Waals surface area contributed by atoms with Crippen LogP contribution in [0.2, 0.25) is 0 Å². The molecular formula is C38H31F2N. The standard InChI is InChI=1S/C38H31F2N/c1-38(2,3)41(36-16-10-9-15-34(36)39)37-25-33(28-12-5-4-6-13-28)32(24-35(37)40)29-20-17-27(18-21-29)31-22-19-26-11-7-8-14-30(26)23-31/h4-25H,1-3H3. The number of anilines is 2. The molecule has 0 saturated heterocycles. The zero-order valence-corrected chi connectivity index (χ0v) is 23.4. The van der Waals surface area contributed by atoms with Crippen LogP contribution in [0.5, 0.6) is 0 Å². The van der Waals surface area contributed by atoms with E-state index in [1.807, 2.05) is 81.4 Å². The van der Waals surface area contributed by atoms with Gasteiger partial charge in [-0.1, -0.05) is 103 Å². The summed E-state index contributed by atoms with van der Waals surface area (Å²) in [6, 6.07) is 43.0. The summed E-state index contributed by atoms with van der Waals surface area (Å²) < 4.78 is 31.2. The molecule has 0 radical (unpaired) electrons. The average Bonchev–Trinajstić information content (AvgIpc) is 2.98. The van der Waals surface area contributed by atoms with E-state index in [1.54, 1.807) is 29.2 Å². The average molecular weight is 540 g/mol. The Morgan fingerprint density at radius 1 is 0.439 bits per heavy atom. The summed E-state index contributed by atoms with van der Waals surface area (Å²) in [7, 11) is 0. The molecule has 0 N–H and O–H groups in total. The van der Waals surface area contributed by atoms with Gasteiger partial charge in [-0.3, -0.25) is 0 Å². The Bertz CT molecular complexity index is 1830. The lowest BCUT2D eigenvalue weighted by Crippen LogP contribution is -2.38. The van der Waals surface area contributed by atoms with Gasteiger partial charge < -0.3 is 4.90 Å². The smallest absolute Gasteiger partial charge is 0.147 e. The normalized spacial score (nSPS) is 11.5. The van der Waals surface area contributed by atoms with Crippen molar-refractivity contribution in [3.8, 4) is 33.4 Å². The fourth-order valence-corrected chi connectivity index (χ4v) is 5.53. The number of fused-ring (bicyclic) bond motifs is 1. The topological polar surface area (TPSA) is 3.24 Å². The number of hydrogen-bond donors (Lipinski definition) is 0. The van der Waals surface area contributed by atoms with Gasteiger partial charge in [0.05, 0.1) is 11.4 Å².